The summed E-state index contributed by atoms with van der Waals surface area (Å²) in [6, 6.07) is 2.05. The number of ether oxygens (including phenoxy) is 1. The van der Waals surface area contributed by atoms with Crippen molar-refractivity contribution in [3.05, 3.63) is 58.0 Å². The zero-order valence-corrected chi connectivity index (χ0v) is 21.0. The predicted octanol–water partition coefficient (Wildman–Crippen LogP) is 3.01. The highest BCUT2D eigenvalue weighted by Gasteiger charge is 2.54. The Morgan fingerprint density at radius 3 is 2.81 bits per heavy atom. The molecule has 2 aliphatic rings. The summed E-state index contributed by atoms with van der Waals surface area (Å²) in [5, 5.41) is 16.1. The first kappa shape index (κ1) is 24.7. The van der Waals surface area contributed by atoms with E-state index in [1.165, 1.54) is 21.3 Å². The molecule has 196 valence electrons. The van der Waals surface area contributed by atoms with Crippen molar-refractivity contribution >= 4 is 23.5 Å². The van der Waals surface area contributed by atoms with Gasteiger partial charge in [0, 0.05) is 31.0 Å². The van der Waals surface area contributed by atoms with Gasteiger partial charge >= 0.3 is 12.1 Å². The van der Waals surface area contributed by atoms with Gasteiger partial charge in [-0.15, -0.1) is 0 Å². The zero-order chi connectivity index (χ0) is 26.6. The van der Waals surface area contributed by atoms with Crippen LogP contribution in [0.25, 0.3) is 5.65 Å². The van der Waals surface area contributed by atoms with Gasteiger partial charge in [0.05, 0.1) is 18.3 Å². The van der Waals surface area contributed by atoms with Crippen molar-refractivity contribution in [1.82, 2.24) is 24.5 Å². The van der Waals surface area contributed by atoms with Crippen LogP contribution in [0.15, 0.2) is 35.5 Å². The molecule has 1 aliphatic carbocycles. The van der Waals surface area contributed by atoms with Crippen LogP contribution in [0.4, 0.5) is 15.0 Å². The number of carboxylic acid groups (broad SMARTS) is 1. The average molecular weight is 513 g/mol. The molecule has 2 N–H and O–H groups in total. The maximum absolute atomic E-state index is 14.8. The summed E-state index contributed by atoms with van der Waals surface area (Å²) in [7, 11) is 0. The molecule has 1 amide bonds. The van der Waals surface area contributed by atoms with Gasteiger partial charge in [-0.3, -0.25) is 4.79 Å². The Kier molecular flexibility index (Phi) is 5.92. The summed E-state index contributed by atoms with van der Waals surface area (Å²) in [6.07, 6.45) is 4.31. The smallest absolute Gasteiger partial charge is 0.407 e. The summed E-state index contributed by atoms with van der Waals surface area (Å²) in [4.78, 5) is 43.7. The topological polar surface area (TPSA) is 131 Å². The van der Waals surface area contributed by atoms with Crippen LogP contribution in [0, 0.1) is 17.7 Å². The van der Waals surface area contributed by atoms with E-state index >= 15 is 0 Å². The maximum Gasteiger partial charge on any atom is 0.407 e. The molecule has 2 fully saturated rings. The van der Waals surface area contributed by atoms with Gasteiger partial charge in [-0.2, -0.15) is 5.10 Å². The first-order valence-corrected chi connectivity index (χ1v) is 12.2. The molecule has 3 unspecified atom stereocenters. The number of anilines is 1. The van der Waals surface area contributed by atoms with Crippen LogP contribution in [0.3, 0.4) is 0 Å². The fourth-order valence-electron chi connectivity index (χ4n) is 5.04. The van der Waals surface area contributed by atoms with Crippen LogP contribution in [0.1, 0.15) is 62.1 Å². The fraction of sp³-hybridized carbons (Fsp3) is 0.480. The average Bonchev–Trinajstić information content (AvgIpc) is 3.28. The van der Waals surface area contributed by atoms with Gasteiger partial charge in [0.1, 0.15) is 22.8 Å². The number of piperidine rings is 1. The second kappa shape index (κ2) is 8.86. The van der Waals surface area contributed by atoms with Crippen molar-refractivity contribution in [3.63, 3.8) is 0 Å². The number of rotatable bonds is 6. The van der Waals surface area contributed by atoms with E-state index in [1.54, 1.807) is 40.0 Å². The summed E-state index contributed by atoms with van der Waals surface area (Å²) < 4.78 is 22.8. The number of aromatic carboxylic acids is 1. The van der Waals surface area contributed by atoms with Crippen molar-refractivity contribution in [2.75, 3.05) is 18.0 Å². The van der Waals surface area contributed by atoms with E-state index in [4.69, 9.17) is 4.74 Å². The van der Waals surface area contributed by atoms with E-state index in [1.807, 2.05) is 4.90 Å². The summed E-state index contributed by atoms with van der Waals surface area (Å²) in [6.45, 7) is 7.67. The Balaban J connectivity index is 1.45. The second-order valence-electron chi connectivity index (χ2n) is 10.7. The van der Waals surface area contributed by atoms with Gasteiger partial charge in [0.2, 0.25) is 0 Å². The minimum atomic E-state index is -1.14. The number of aromatic nitrogens is 4. The number of hydrogen-bond acceptors (Lipinski definition) is 7. The highest BCUT2D eigenvalue weighted by atomic mass is 19.1. The highest BCUT2D eigenvalue weighted by Crippen LogP contribution is 2.56. The third-order valence-corrected chi connectivity index (χ3v) is 6.80. The standard InChI is InChI=1S/C25H29FN6O5/c1-13(9-27-24(36)37-25(2,3)4)30-12-15(26)8-17(22(30)33)20-16-7-14(16)11-31(20)19-5-6-32-21(29-19)18(10-28-32)23(34)35/h5-6,8,10,12-14,16,20H,7,9,11H2,1-4H3,(H,27,36)(H,34,35)/t13-,14?,16?,20?/m0/s1. The molecule has 1 saturated carbocycles. The third kappa shape index (κ3) is 4.75. The molecule has 0 radical (unpaired) electrons. The molecule has 5 rings (SSSR count). The molecule has 0 spiro atoms. The lowest BCUT2D eigenvalue weighted by Gasteiger charge is -2.29. The largest absolute Gasteiger partial charge is 0.477 e. The van der Waals surface area contributed by atoms with Gasteiger partial charge in [0.25, 0.3) is 5.56 Å². The number of alkyl carbamates (subject to hydrolysis) is 1. The van der Waals surface area contributed by atoms with Crippen LogP contribution in [0.2, 0.25) is 0 Å². The third-order valence-electron chi connectivity index (χ3n) is 6.80. The van der Waals surface area contributed by atoms with Crippen molar-refractivity contribution in [3.8, 4) is 0 Å². The Hall–Kier alpha value is -3.96. The first-order valence-electron chi connectivity index (χ1n) is 12.2. The summed E-state index contributed by atoms with van der Waals surface area (Å²) in [5.41, 5.74) is -0.533. The van der Waals surface area contributed by atoms with Crippen LogP contribution in [-0.4, -0.2) is 55.0 Å². The van der Waals surface area contributed by atoms with Gasteiger partial charge in [-0.05, 0) is 58.1 Å². The SMILES string of the molecule is C[C@@H](CNC(=O)OC(C)(C)C)n1cc(F)cc(C2C3CC3CN2c2ccn3ncc(C(=O)O)c3n2)c1=O. The van der Waals surface area contributed by atoms with E-state index in [9.17, 15) is 23.9 Å². The normalized spacial score (nSPS) is 21.5. The Morgan fingerprint density at radius 2 is 2.11 bits per heavy atom. The van der Waals surface area contributed by atoms with Gasteiger partial charge < -0.3 is 24.6 Å². The number of fused-ring (bicyclic) bond motifs is 2. The molecule has 11 nitrogen and oxygen atoms in total. The molecule has 3 aromatic rings. The zero-order valence-electron chi connectivity index (χ0n) is 21.0. The van der Waals surface area contributed by atoms with E-state index in [0.717, 1.165) is 12.6 Å². The molecule has 12 heteroatoms. The molecule has 0 bridgehead atoms. The molecule has 1 aliphatic heterocycles. The highest BCUT2D eigenvalue weighted by molar-refractivity contribution is 5.94. The van der Waals surface area contributed by atoms with Crippen molar-refractivity contribution in [1.29, 1.82) is 0 Å². The van der Waals surface area contributed by atoms with Gasteiger partial charge in [-0.25, -0.2) is 23.5 Å². The molecular formula is C25H29FN6O5. The second-order valence-corrected chi connectivity index (χ2v) is 10.7. The van der Waals surface area contributed by atoms with Crippen molar-refractivity contribution in [2.45, 2.75) is 51.8 Å². The number of pyridine rings is 1. The molecule has 1 saturated heterocycles. The molecule has 4 heterocycles. The van der Waals surface area contributed by atoms with Gasteiger partial charge in [0.15, 0.2) is 5.65 Å². The Morgan fingerprint density at radius 1 is 1.35 bits per heavy atom. The van der Waals surface area contributed by atoms with E-state index in [0.29, 0.717) is 23.8 Å². The lowest BCUT2D eigenvalue weighted by molar-refractivity contribution is 0.0520. The number of amides is 1. The monoisotopic (exact) mass is 512 g/mol. The van der Waals surface area contributed by atoms with Crippen molar-refractivity contribution < 1.29 is 23.8 Å². The summed E-state index contributed by atoms with van der Waals surface area (Å²) >= 11 is 0. The predicted molar refractivity (Wildman–Crippen MR) is 131 cm³/mol. The quantitative estimate of drug-likeness (QED) is 0.515. The Labute approximate surface area is 211 Å². The summed E-state index contributed by atoms with van der Waals surface area (Å²) in [5.74, 6) is -0.686. The minimum absolute atomic E-state index is 0.0258. The van der Waals surface area contributed by atoms with E-state index < -0.39 is 35.6 Å². The number of hydrogen-bond donors (Lipinski definition) is 2. The molecule has 3 aromatic heterocycles. The van der Waals surface area contributed by atoms with Crippen LogP contribution in [0.5, 0.6) is 0 Å². The van der Waals surface area contributed by atoms with Gasteiger partial charge in [-0.1, -0.05) is 0 Å². The first-order chi connectivity index (χ1) is 17.4. The minimum Gasteiger partial charge on any atom is -0.477 e. The number of carbonyl (C=O) groups excluding carboxylic acids is 1. The van der Waals surface area contributed by atoms with Crippen LogP contribution >= 0.6 is 0 Å². The number of carbonyl (C=O) groups is 2. The van der Waals surface area contributed by atoms with Crippen molar-refractivity contribution in [2.24, 2.45) is 11.8 Å². The number of carboxylic acids is 1. The maximum atomic E-state index is 14.8. The van der Waals surface area contributed by atoms with E-state index in [-0.39, 0.29) is 29.2 Å². The molecule has 37 heavy (non-hydrogen) atoms. The molecular weight excluding hydrogens is 483 g/mol. The fourth-order valence-corrected chi connectivity index (χ4v) is 5.04. The van der Waals surface area contributed by atoms with Crippen LogP contribution < -0.4 is 15.8 Å². The van der Waals surface area contributed by atoms with E-state index in [2.05, 4.69) is 15.4 Å². The van der Waals surface area contributed by atoms with Crippen LogP contribution in [-0.2, 0) is 4.74 Å². The molecule has 0 aromatic carbocycles. The number of halogens is 1. The lowest BCUT2D eigenvalue weighted by Crippen LogP contribution is -2.39. The number of nitrogens with zero attached hydrogens (tertiary/aromatic N) is 5. The lowest BCUT2D eigenvalue weighted by atomic mass is 10.0. The Bertz CT molecular complexity index is 1440. The molecule has 4 atom stereocenters. The number of nitrogens with one attached hydrogen (secondary N) is 1.